The molecule has 0 aliphatic heterocycles. The summed E-state index contributed by atoms with van der Waals surface area (Å²) in [5.74, 6) is -1.02. The van der Waals surface area contributed by atoms with Crippen LogP contribution in [0.2, 0.25) is 0 Å². The van der Waals surface area contributed by atoms with E-state index in [2.05, 4.69) is 9.82 Å². The van der Waals surface area contributed by atoms with Gasteiger partial charge >= 0.3 is 5.97 Å². The van der Waals surface area contributed by atoms with E-state index < -0.39 is 16.0 Å². The molecule has 8 nitrogen and oxygen atoms in total. The van der Waals surface area contributed by atoms with Crippen LogP contribution in [0.1, 0.15) is 10.5 Å². The number of carboxylic acids is 1. The van der Waals surface area contributed by atoms with Crippen molar-refractivity contribution in [2.45, 2.75) is 4.90 Å². The molecule has 0 saturated heterocycles. The standard InChI is InChI=1S/C10H12N4O4S/c1-13-6-7(5-8(13)10(15)16)19(17,18)12-9-3-4-14(2)11-9/h3-6H,1-2H3,(H,11,12)(H,15,16). The van der Waals surface area contributed by atoms with Crippen LogP contribution in [0.15, 0.2) is 29.4 Å². The maximum absolute atomic E-state index is 12.0. The fourth-order valence-corrected chi connectivity index (χ4v) is 2.63. The van der Waals surface area contributed by atoms with Gasteiger partial charge in [-0.15, -0.1) is 0 Å². The molecule has 2 rings (SSSR count). The second-order valence-corrected chi connectivity index (χ2v) is 5.64. The highest BCUT2D eigenvalue weighted by Crippen LogP contribution is 2.17. The van der Waals surface area contributed by atoms with Crippen molar-refractivity contribution < 1.29 is 18.3 Å². The number of carboxylic acid groups (broad SMARTS) is 1. The van der Waals surface area contributed by atoms with Crippen LogP contribution >= 0.6 is 0 Å². The van der Waals surface area contributed by atoms with Crippen LogP contribution in [-0.4, -0.2) is 33.8 Å². The van der Waals surface area contributed by atoms with Crippen molar-refractivity contribution in [3.63, 3.8) is 0 Å². The zero-order valence-corrected chi connectivity index (χ0v) is 11.0. The van der Waals surface area contributed by atoms with Crippen LogP contribution in [0, 0.1) is 0 Å². The first-order valence-electron chi connectivity index (χ1n) is 5.22. The Bertz CT molecular complexity index is 729. The Morgan fingerprint density at radius 1 is 1.42 bits per heavy atom. The lowest BCUT2D eigenvalue weighted by atomic mass is 10.4. The third-order valence-corrected chi connectivity index (χ3v) is 3.78. The quantitative estimate of drug-likeness (QED) is 0.837. The summed E-state index contributed by atoms with van der Waals surface area (Å²) < 4.78 is 29.0. The minimum Gasteiger partial charge on any atom is -0.477 e. The van der Waals surface area contributed by atoms with Crippen molar-refractivity contribution >= 4 is 21.8 Å². The smallest absolute Gasteiger partial charge is 0.352 e. The minimum absolute atomic E-state index is 0.110. The van der Waals surface area contributed by atoms with Crippen LogP contribution in [-0.2, 0) is 24.1 Å². The van der Waals surface area contributed by atoms with E-state index in [0.717, 1.165) is 6.07 Å². The van der Waals surface area contributed by atoms with Crippen LogP contribution in [0.4, 0.5) is 5.82 Å². The molecule has 0 aromatic carbocycles. The summed E-state index contributed by atoms with van der Waals surface area (Å²) in [4.78, 5) is 10.7. The van der Waals surface area contributed by atoms with Crippen molar-refractivity contribution in [2.75, 3.05) is 4.72 Å². The lowest BCUT2D eigenvalue weighted by Gasteiger charge is -2.02. The van der Waals surface area contributed by atoms with Gasteiger partial charge in [-0.25, -0.2) is 13.2 Å². The van der Waals surface area contributed by atoms with Gasteiger partial charge in [0.2, 0.25) is 0 Å². The Morgan fingerprint density at radius 2 is 2.11 bits per heavy atom. The summed E-state index contributed by atoms with van der Waals surface area (Å²) >= 11 is 0. The summed E-state index contributed by atoms with van der Waals surface area (Å²) in [6.07, 6.45) is 2.82. The van der Waals surface area contributed by atoms with Gasteiger partial charge in [0, 0.05) is 32.6 Å². The maximum atomic E-state index is 12.0. The molecular formula is C10H12N4O4S. The van der Waals surface area contributed by atoms with Gasteiger partial charge in [-0.2, -0.15) is 5.10 Å². The number of hydrogen-bond acceptors (Lipinski definition) is 4. The number of anilines is 1. The lowest BCUT2D eigenvalue weighted by molar-refractivity contribution is 0.0686. The second kappa shape index (κ2) is 4.43. The number of hydrogen-bond donors (Lipinski definition) is 2. The predicted octanol–water partition coefficient (Wildman–Crippen LogP) is 0.258. The van der Waals surface area contributed by atoms with Crippen LogP contribution in [0.25, 0.3) is 0 Å². The Kier molecular flexibility index (Phi) is 3.06. The molecule has 0 spiro atoms. The van der Waals surface area contributed by atoms with Crippen LogP contribution in [0.5, 0.6) is 0 Å². The number of rotatable bonds is 4. The zero-order valence-electron chi connectivity index (χ0n) is 10.2. The minimum atomic E-state index is -3.85. The van der Waals surface area contributed by atoms with E-state index in [0.29, 0.717) is 0 Å². The molecule has 0 aliphatic rings. The number of aromatic carboxylic acids is 1. The molecule has 2 aromatic rings. The molecule has 102 valence electrons. The van der Waals surface area contributed by atoms with Gasteiger partial charge in [-0.05, 0) is 6.07 Å². The average molecular weight is 284 g/mol. The third kappa shape index (κ3) is 2.60. The van der Waals surface area contributed by atoms with Gasteiger partial charge in [-0.1, -0.05) is 0 Å². The molecule has 9 heteroatoms. The highest BCUT2D eigenvalue weighted by Gasteiger charge is 2.20. The van der Waals surface area contributed by atoms with E-state index in [4.69, 9.17) is 5.11 Å². The van der Waals surface area contributed by atoms with Crippen LogP contribution in [0.3, 0.4) is 0 Å². The first-order chi connectivity index (χ1) is 8.79. The molecule has 0 radical (unpaired) electrons. The highest BCUT2D eigenvalue weighted by molar-refractivity contribution is 7.92. The fraction of sp³-hybridized carbons (Fsp3) is 0.200. The molecule has 0 bridgehead atoms. The molecule has 19 heavy (non-hydrogen) atoms. The van der Waals surface area contributed by atoms with Gasteiger partial charge < -0.3 is 9.67 Å². The highest BCUT2D eigenvalue weighted by atomic mass is 32.2. The van der Waals surface area contributed by atoms with E-state index in [-0.39, 0.29) is 16.4 Å². The fourth-order valence-electron chi connectivity index (χ4n) is 1.56. The Labute approximate surface area is 109 Å². The molecule has 2 N–H and O–H groups in total. The molecular weight excluding hydrogens is 272 g/mol. The van der Waals surface area contributed by atoms with Crippen molar-refractivity contribution in [1.82, 2.24) is 14.3 Å². The van der Waals surface area contributed by atoms with Crippen molar-refractivity contribution in [1.29, 1.82) is 0 Å². The van der Waals surface area contributed by atoms with Gasteiger partial charge in [0.1, 0.15) is 10.6 Å². The Morgan fingerprint density at radius 3 is 2.58 bits per heavy atom. The summed E-state index contributed by atoms with van der Waals surface area (Å²) in [5, 5.41) is 12.8. The van der Waals surface area contributed by atoms with Crippen molar-refractivity contribution in [3.8, 4) is 0 Å². The van der Waals surface area contributed by atoms with E-state index in [1.54, 1.807) is 13.2 Å². The van der Waals surface area contributed by atoms with E-state index in [1.807, 2.05) is 0 Å². The number of nitrogens with one attached hydrogen (secondary N) is 1. The van der Waals surface area contributed by atoms with Crippen LogP contribution < -0.4 is 4.72 Å². The topological polar surface area (TPSA) is 106 Å². The summed E-state index contributed by atoms with van der Waals surface area (Å²) in [6.45, 7) is 0. The maximum Gasteiger partial charge on any atom is 0.352 e. The van der Waals surface area contributed by atoms with Gasteiger partial charge in [-0.3, -0.25) is 9.40 Å². The molecule has 0 amide bonds. The Hall–Kier alpha value is -2.29. The molecule has 0 saturated carbocycles. The number of aromatic nitrogens is 3. The third-order valence-electron chi connectivity index (χ3n) is 2.46. The number of carbonyl (C=O) groups is 1. The van der Waals surface area contributed by atoms with Crippen molar-refractivity contribution in [3.05, 3.63) is 30.2 Å². The average Bonchev–Trinajstić information content (AvgIpc) is 2.84. The van der Waals surface area contributed by atoms with E-state index in [9.17, 15) is 13.2 Å². The molecule has 0 unspecified atom stereocenters. The largest absolute Gasteiger partial charge is 0.477 e. The molecule has 2 heterocycles. The zero-order chi connectivity index (χ0) is 14.2. The Balaban J connectivity index is 2.34. The van der Waals surface area contributed by atoms with Crippen molar-refractivity contribution in [2.24, 2.45) is 14.1 Å². The number of sulfonamides is 1. The summed E-state index contributed by atoms with van der Waals surface area (Å²) in [7, 11) is -0.728. The van der Waals surface area contributed by atoms with Gasteiger partial charge in [0.25, 0.3) is 10.0 Å². The van der Waals surface area contributed by atoms with Gasteiger partial charge in [0.15, 0.2) is 5.82 Å². The number of aryl methyl sites for hydroxylation is 2. The molecule has 0 fully saturated rings. The lowest BCUT2D eigenvalue weighted by Crippen LogP contribution is -2.13. The normalized spacial score (nSPS) is 11.5. The molecule has 0 atom stereocenters. The monoisotopic (exact) mass is 284 g/mol. The van der Waals surface area contributed by atoms with Gasteiger partial charge in [0.05, 0.1) is 0 Å². The SMILES string of the molecule is Cn1ccc(NS(=O)(=O)c2cc(C(=O)O)n(C)c2)n1. The summed E-state index contributed by atoms with van der Waals surface area (Å²) in [6, 6.07) is 2.59. The summed E-state index contributed by atoms with van der Waals surface area (Å²) in [5.41, 5.74) is -0.110. The first-order valence-corrected chi connectivity index (χ1v) is 6.70. The molecule has 0 aliphatic carbocycles. The van der Waals surface area contributed by atoms with E-state index in [1.165, 1.54) is 28.6 Å². The molecule has 2 aromatic heterocycles. The predicted molar refractivity (Wildman–Crippen MR) is 66.4 cm³/mol. The first kappa shape index (κ1) is 13.1. The second-order valence-electron chi connectivity index (χ2n) is 3.96. The van der Waals surface area contributed by atoms with E-state index >= 15 is 0 Å². The number of nitrogens with zero attached hydrogens (tertiary/aromatic N) is 3.